The minimum atomic E-state index is 0.162. The van der Waals surface area contributed by atoms with Crippen molar-refractivity contribution in [3.05, 3.63) is 45.2 Å². The quantitative estimate of drug-likeness (QED) is 0.849. The monoisotopic (exact) mass is 256 g/mol. The molecular formula is C16H20N2O. The van der Waals surface area contributed by atoms with E-state index in [4.69, 9.17) is 0 Å². The summed E-state index contributed by atoms with van der Waals surface area (Å²) in [5.41, 5.74) is 4.63. The van der Waals surface area contributed by atoms with Crippen molar-refractivity contribution in [2.75, 3.05) is 13.1 Å². The molecule has 2 heterocycles. The summed E-state index contributed by atoms with van der Waals surface area (Å²) < 4.78 is 1.82. The van der Waals surface area contributed by atoms with Crippen LogP contribution in [0.5, 0.6) is 0 Å². The second-order valence-corrected chi connectivity index (χ2v) is 5.60. The SMILES string of the molecule is Cc1ccc2cc(C3CCNC3)c(=O)n(C)c2c1C. The van der Waals surface area contributed by atoms with Crippen molar-refractivity contribution in [3.63, 3.8) is 0 Å². The van der Waals surface area contributed by atoms with Crippen LogP contribution in [0.15, 0.2) is 23.0 Å². The largest absolute Gasteiger partial charge is 0.316 e. The molecule has 0 saturated carbocycles. The number of hydrogen-bond acceptors (Lipinski definition) is 2. The molecule has 1 saturated heterocycles. The van der Waals surface area contributed by atoms with Crippen molar-refractivity contribution < 1.29 is 0 Å². The minimum absolute atomic E-state index is 0.162. The Hall–Kier alpha value is -1.61. The summed E-state index contributed by atoms with van der Waals surface area (Å²) in [7, 11) is 1.89. The van der Waals surface area contributed by atoms with Crippen LogP contribution in [0, 0.1) is 13.8 Å². The van der Waals surface area contributed by atoms with E-state index in [1.807, 2.05) is 11.6 Å². The third-order valence-electron chi connectivity index (χ3n) is 4.43. The fourth-order valence-corrected chi connectivity index (χ4v) is 3.12. The first-order valence-corrected chi connectivity index (χ1v) is 6.90. The van der Waals surface area contributed by atoms with E-state index in [2.05, 4.69) is 37.4 Å². The normalized spacial score (nSPS) is 19.2. The molecule has 1 aromatic carbocycles. The van der Waals surface area contributed by atoms with E-state index in [-0.39, 0.29) is 5.56 Å². The van der Waals surface area contributed by atoms with Gasteiger partial charge in [0.1, 0.15) is 0 Å². The first kappa shape index (κ1) is 12.4. The molecule has 0 radical (unpaired) electrons. The van der Waals surface area contributed by atoms with Gasteiger partial charge in [-0.15, -0.1) is 0 Å². The van der Waals surface area contributed by atoms with Crippen LogP contribution in [0.2, 0.25) is 0 Å². The Bertz CT molecular complexity index is 694. The highest BCUT2D eigenvalue weighted by atomic mass is 16.1. The van der Waals surface area contributed by atoms with Gasteiger partial charge >= 0.3 is 0 Å². The minimum Gasteiger partial charge on any atom is -0.316 e. The molecule has 1 aromatic heterocycles. The molecule has 1 fully saturated rings. The van der Waals surface area contributed by atoms with Gasteiger partial charge in [-0.05, 0) is 49.4 Å². The highest BCUT2D eigenvalue weighted by Gasteiger charge is 2.21. The van der Waals surface area contributed by atoms with Gasteiger partial charge in [0.05, 0.1) is 5.52 Å². The second-order valence-electron chi connectivity index (χ2n) is 5.60. The van der Waals surface area contributed by atoms with Gasteiger partial charge in [0.15, 0.2) is 0 Å². The van der Waals surface area contributed by atoms with Crippen LogP contribution >= 0.6 is 0 Å². The molecule has 1 N–H and O–H groups in total. The van der Waals surface area contributed by atoms with Crippen LogP contribution in [0.25, 0.3) is 10.9 Å². The highest BCUT2D eigenvalue weighted by molar-refractivity contribution is 5.84. The molecule has 3 rings (SSSR count). The number of hydrogen-bond donors (Lipinski definition) is 1. The van der Waals surface area contributed by atoms with Crippen molar-refractivity contribution in [2.45, 2.75) is 26.2 Å². The van der Waals surface area contributed by atoms with E-state index in [0.29, 0.717) is 5.92 Å². The van der Waals surface area contributed by atoms with Gasteiger partial charge in [-0.3, -0.25) is 4.79 Å². The number of aryl methyl sites for hydroxylation is 3. The predicted molar refractivity (Wildman–Crippen MR) is 78.9 cm³/mol. The van der Waals surface area contributed by atoms with Gasteiger partial charge in [-0.25, -0.2) is 0 Å². The van der Waals surface area contributed by atoms with E-state index in [9.17, 15) is 4.79 Å². The van der Waals surface area contributed by atoms with E-state index < -0.39 is 0 Å². The third kappa shape index (κ3) is 1.89. The standard InChI is InChI=1S/C16H20N2O/c1-10-4-5-12-8-14(13-6-7-17-9-13)16(19)18(3)15(12)11(10)2/h4-5,8,13,17H,6-7,9H2,1-3H3. The topological polar surface area (TPSA) is 34.0 Å². The zero-order valence-electron chi connectivity index (χ0n) is 11.8. The van der Waals surface area contributed by atoms with Gasteiger partial charge in [-0.2, -0.15) is 0 Å². The molecule has 3 heteroatoms. The van der Waals surface area contributed by atoms with Crippen LogP contribution in [0.3, 0.4) is 0 Å². The van der Waals surface area contributed by atoms with Crippen LogP contribution in [-0.2, 0) is 7.05 Å². The van der Waals surface area contributed by atoms with E-state index >= 15 is 0 Å². The van der Waals surface area contributed by atoms with Crippen molar-refractivity contribution >= 4 is 10.9 Å². The van der Waals surface area contributed by atoms with Gasteiger partial charge in [0.2, 0.25) is 0 Å². The van der Waals surface area contributed by atoms with Crippen LogP contribution < -0.4 is 10.9 Å². The van der Waals surface area contributed by atoms with Gasteiger partial charge in [0, 0.05) is 25.1 Å². The third-order valence-corrected chi connectivity index (χ3v) is 4.43. The van der Waals surface area contributed by atoms with Crippen LogP contribution in [0.1, 0.15) is 29.0 Å². The first-order chi connectivity index (χ1) is 9.09. The van der Waals surface area contributed by atoms with Crippen molar-refractivity contribution in [1.29, 1.82) is 0 Å². The summed E-state index contributed by atoms with van der Waals surface area (Å²) in [6.45, 7) is 6.12. The molecule has 0 bridgehead atoms. The van der Waals surface area contributed by atoms with Crippen LogP contribution in [0.4, 0.5) is 0 Å². The maximum Gasteiger partial charge on any atom is 0.254 e. The summed E-state index contributed by atoms with van der Waals surface area (Å²) in [4.78, 5) is 12.6. The predicted octanol–water partition coefficient (Wildman–Crippen LogP) is 2.23. The number of pyridine rings is 1. The molecule has 3 nitrogen and oxygen atoms in total. The average Bonchev–Trinajstić information content (AvgIpc) is 2.91. The lowest BCUT2D eigenvalue weighted by Gasteiger charge is -2.15. The number of benzene rings is 1. The fourth-order valence-electron chi connectivity index (χ4n) is 3.12. The smallest absolute Gasteiger partial charge is 0.254 e. The second kappa shape index (κ2) is 4.49. The molecule has 1 aliphatic heterocycles. The summed E-state index contributed by atoms with van der Waals surface area (Å²) in [5, 5.41) is 4.51. The maximum atomic E-state index is 12.6. The summed E-state index contributed by atoms with van der Waals surface area (Å²) >= 11 is 0. The molecule has 1 atom stereocenters. The van der Waals surface area contributed by atoms with Crippen molar-refractivity contribution in [1.82, 2.24) is 9.88 Å². The molecular weight excluding hydrogens is 236 g/mol. The number of fused-ring (bicyclic) bond motifs is 1. The molecule has 1 aliphatic rings. The Morgan fingerprint density at radius 1 is 1.32 bits per heavy atom. The highest BCUT2D eigenvalue weighted by Crippen LogP contribution is 2.25. The number of nitrogens with one attached hydrogen (secondary N) is 1. The summed E-state index contributed by atoms with van der Waals surface area (Å²) in [6, 6.07) is 6.36. The molecule has 0 spiro atoms. The number of rotatable bonds is 1. The first-order valence-electron chi connectivity index (χ1n) is 6.90. The van der Waals surface area contributed by atoms with Gasteiger partial charge < -0.3 is 9.88 Å². The van der Waals surface area contributed by atoms with Gasteiger partial charge in [-0.1, -0.05) is 12.1 Å². The Balaban J connectivity index is 2.31. The Kier molecular flexibility index (Phi) is 2.94. The Morgan fingerprint density at radius 2 is 2.11 bits per heavy atom. The van der Waals surface area contributed by atoms with Crippen molar-refractivity contribution in [2.24, 2.45) is 7.05 Å². The molecule has 0 amide bonds. The lowest BCUT2D eigenvalue weighted by atomic mass is 9.96. The fraction of sp³-hybridized carbons (Fsp3) is 0.438. The zero-order valence-corrected chi connectivity index (χ0v) is 11.8. The molecule has 1 unspecified atom stereocenters. The molecule has 19 heavy (non-hydrogen) atoms. The van der Waals surface area contributed by atoms with E-state index in [0.717, 1.165) is 30.6 Å². The summed E-state index contributed by atoms with van der Waals surface area (Å²) in [6.07, 6.45) is 1.06. The van der Waals surface area contributed by atoms with E-state index in [1.54, 1.807) is 0 Å². The lowest BCUT2D eigenvalue weighted by molar-refractivity contribution is 0.733. The number of aromatic nitrogens is 1. The molecule has 0 aliphatic carbocycles. The number of nitrogens with zero attached hydrogens (tertiary/aromatic N) is 1. The Labute approximate surface area is 113 Å². The van der Waals surface area contributed by atoms with Gasteiger partial charge in [0.25, 0.3) is 5.56 Å². The summed E-state index contributed by atoms with van der Waals surface area (Å²) in [5.74, 6) is 0.365. The molecule has 100 valence electrons. The zero-order chi connectivity index (χ0) is 13.6. The Morgan fingerprint density at radius 3 is 2.79 bits per heavy atom. The van der Waals surface area contributed by atoms with Crippen LogP contribution in [-0.4, -0.2) is 17.7 Å². The lowest BCUT2D eigenvalue weighted by Crippen LogP contribution is -2.25. The average molecular weight is 256 g/mol. The maximum absolute atomic E-state index is 12.6. The van der Waals surface area contributed by atoms with E-state index in [1.165, 1.54) is 16.5 Å². The molecule has 2 aromatic rings. The van der Waals surface area contributed by atoms with Crippen molar-refractivity contribution in [3.8, 4) is 0 Å².